The van der Waals surface area contributed by atoms with E-state index in [9.17, 15) is 39.9 Å². The molecule has 0 aliphatic heterocycles. The fourth-order valence-corrected chi connectivity index (χ4v) is 3.19. The van der Waals surface area contributed by atoms with Crippen molar-refractivity contribution in [3.63, 3.8) is 0 Å². The fourth-order valence-electron chi connectivity index (χ4n) is 3.19. The minimum absolute atomic E-state index is 0.114. The number of ketones is 1. The van der Waals surface area contributed by atoms with E-state index in [1.807, 2.05) is 0 Å². The molecule has 9 heteroatoms. The highest BCUT2D eigenvalue weighted by Gasteiger charge is 2.32. The van der Waals surface area contributed by atoms with E-state index < -0.39 is 40.9 Å². The van der Waals surface area contributed by atoms with Gasteiger partial charge in [0.05, 0.1) is 11.1 Å². The maximum absolute atomic E-state index is 14.1. The quantitative estimate of drug-likeness (QED) is 0.352. The van der Waals surface area contributed by atoms with Crippen LogP contribution in [0.4, 0.5) is 35.1 Å². The van der Waals surface area contributed by atoms with Crippen molar-refractivity contribution >= 4 is 17.9 Å². The third-order valence-electron chi connectivity index (χ3n) is 4.79. The summed E-state index contributed by atoms with van der Waals surface area (Å²) in [6.07, 6.45) is -6.28. The highest BCUT2D eigenvalue weighted by Crippen LogP contribution is 2.34. The maximum atomic E-state index is 14.1. The molecule has 1 aliphatic carbocycles. The molecule has 0 saturated heterocycles. The van der Waals surface area contributed by atoms with Gasteiger partial charge in [0.1, 0.15) is 11.6 Å². The molecule has 0 spiro atoms. The van der Waals surface area contributed by atoms with Crippen LogP contribution in [0.15, 0.2) is 47.5 Å². The van der Waals surface area contributed by atoms with Gasteiger partial charge >= 0.3 is 12.4 Å². The third-order valence-corrected chi connectivity index (χ3v) is 4.79. The van der Waals surface area contributed by atoms with E-state index in [0.29, 0.717) is 30.7 Å². The molecule has 1 nitrogen and oxygen atoms in total. The molecule has 31 heavy (non-hydrogen) atoms. The highest BCUT2D eigenvalue weighted by atomic mass is 19.4. The molecule has 164 valence electrons. The fraction of sp³-hybridized carbons (Fsp3) is 0.227. The molecule has 0 heterocycles. The van der Waals surface area contributed by atoms with Crippen LogP contribution >= 0.6 is 0 Å². The molecule has 3 rings (SSSR count). The molecule has 1 saturated carbocycles. The lowest BCUT2D eigenvalue weighted by atomic mass is 9.86. The van der Waals surface area contributed by atoms with Crippen molar-refractivity contribution in [1.82, 2.24) is 0 Å². The van der Waals surface area contributed by atoms with E-state index in [4.69, 9.17) is 0 Å². The van der Waals surface area contributed by atoms with Gasteiger partial charge in [0.15, 0.2) is 5.78 Å². The zero-order chi connectivity index (χ0) is 23.0. The van der Waals surface area contributed by atoms with E-state index in [1.165, 1.54) is 0 Å². The lowest BCUT2D eigenvalue weighted by molar-refractivity contribution is -0.138. The molecule has 0 amide bonds. The normalized spacial score (nSPS) is 18.1. The van der Waals surface area contributed by atoms with E-state index in [1.54, 1.807) is 0 Å². The first kappa shape index (κ1) is 22.7. The van der Waals surface area contributed by atoms with Gasteiger partial charge in [-0.25, -0.2) is 8.78 Å². The molecule has 1 fully saturated rings. The lowest BCUT2D eigenvalue weighted by Crippen LogP contribution is -2.13. The first-order valence-corrected chi connectivity index (χ1v) is 9.05. The SMILES string of the molecule is O=C1/C(=C/c2ccc(C(F)(F)F)cc2F)CCC/C1=C\c1ccc(C(F)(F)F)cc1F. The summed E-state index contributed by atoms with van der Waals surface area (Å²) in [5, 5.41) is 0. The second-order valence-electron chi connectivity index (χ2n) is 6.99. The first-order chi connectivity index (χ1) is 14.4. The average Bonchev–Trinajstić information content (AvgIpc) is 2.66. The molecule has 2 aromatic rings. The summed E-state index contributed by atoms with van der Waals surface area (Å²) in [5.41, 5.74) is -2.52. The van der Waals surface area contributed by atoms with Crippen LogP contribution in [0.3, 0.4) is 0 Å². The number of halogens is 8. The minimum Gasteiger partial charge on any atom is -0.289 e. The molecule has 2 aromatic carbocycles. The Kier molecular flexibility index (Phi) is 6.07. The molecular weight excluding hydrogens is 432 g/mol. The van der Waals surface area contributed by atoms with Crippen LogP contribution in [0.5, 0.6) is 0 Å². The van der Waals surface area contributed by atoms with Crippen molar-refractivity contribution in [1.29, 1.82) is 0 Å². The number of benzene rings is 2. The van der Waals surface area contributed by atoms with Gasteiger partial charge in [-0.05, 0) is 55.7 Å². The molecule has 0 unspecified atom stereocenters. The van der Waals surface area contributed by atoms with Crippen LogP contribution in [-0.2, 0) is 17.1 Å². The monoisotopic (exact) mass is 446 g/mol. The number of alkyl halides is 6. The van der Waals surface area contributed by atoms with Crippen LogP contribution in [0.1, 0.15) is 41.5 Å². The summed E-state index contributed by atoms with van der Waals surface area (Å²) in [4.78, 5) is 12.7. The number of carbonyl (C=O) groups excluding carboxylic acids is 1. The van der Waals surface area contributed by atoms with Gasteiger partial charge in [0.25, 0.3) is 0 Å². The van der Waals surface area contributed by atoms with E-state index in [-0.39, 0.29) is 35.1 Å². The van der Waals surface area contributed by atoms with Crippen molar-refractivity contribution in [2.45, 2.75) is 31.6 Å². The third kappa shape index (κ3) is 5.21. The van der Waals surface area contributed by atoms with Gasteiger partial charge < -0.3 is 0 Å². The van der Waals surface area contributed by atoms with E-state index in [2.05, 4.69) is 0 Å². The molecule has 0 atom stereocenters. The molecule has 0 bridgehead atoms. The van der Waals surface area contributed by atoms with Gasteiger partial charge in [0.2, 0.25) is 0 Å². The van der Waals surface area contributed by atoms with Gasteiger partial charge in [-0.15, -0.1) is 0 Å². The smallest absolute Gasteiger partial charge is 0.289 e. The summed E-state index contributed by atoms with van der Waals surface area (Å²) in [7, 11) is 0. The molecule has 0 radical (unpaired) electrons. The standard InChI is InChI=1S/C22H14F8O/c23-18-10-16(21(25,26)27)6-4-12(18)8-14-2-1-3-15(20(14)31)9-13-5-7-17(11-19(13)24)22(28,29)30/h4-11H,1-3H2/b14-8+,15-9+. The number of rotatable bonds is 2. The van der Waals surface area contributed by atoms with Crippen molar-refractivity contribution in [2.24, 2.45) is 0 Å². The lowest BCUT2D eigenvalue weighted by Gasteiger charge is -2.17. The number of allylic oxidation sites excluding steroid dienone is 2. The van der Waals surface area contributed by atoms with Crippen LogP contribution in [0.25, 0.3) is 12.2 Å². The molecule has 0 N–H and O–H groups in total. The van der Waals surface area contributed by atoms with Crippen molar-refractivity contribution in [2.75, 3.05) is 0 Å². The highest BCUT2D eigenvalue weighted by molar-refractivity contribution is 6.14. The Bertz CT molecular complexity index is 990. The van der Waals surface area contributed by atoms with Gasteiger partial charge in [-0.1, -0.05) is 12.1 Å². The zero-order valence-electron chi connectivity index (χ0n) is 15.7. The van der Waals surface area contributed by atoms with E-state index >= 15 is 0 Å². The average molecular weight is 446 g/mol. The summed E-state index contributed by atoms with van der Waals surface area (Å²) in [6, 6.07) is 3.86. The number of carbonyl (C=O) groups is 1. The van der Waals surface area contributed by atoms with Crippen molar-refractivity contribution < 1.29 is 39.9 Å². The Balaban J connectivity index is 1.90. The molecule has 1 aliphatic rings. The second kappa shape index (κ2) is 8.28. The maximum Gasteiger partial charge on any atom is 0.416 e. The second-order valence-corrected chi connectivity index (χ2v) is 6.99. The van der Waals surface area contributed by atoms with Gasteiger partial charge in [0, 0.05) is 22.3 Å². The largest absolute Gasteiger partial charge is 0.416 e. The molecular formula is C22H14F8O. The predicted molar refractivity (Wildman–Crippen MR) is 97.6 cm³/mol. The summed E-state index contributed by atoms with van der Waals surface area (Å²) in [6.45, 7) is 0. The topological polar surface area (TPSA) is 17.1 Å². The Hall–Kier alpha value is -2.97. The number of hydrogen-bond donors (Lipinski definition) is 0. The van der Waals surface area contributed by atoms with Crippen molar-refractivity contribution in [3.05, 3.63) is 81.4 Å². The summed E-state index contributed by atoms with van der Waals surface area (Å²) in [5.74, 6) is -2.87. The summed E-state index contributed by atoms with van der Waals surface area (Å²) < 4.78 is 104. The minimum atomic E-state index is -4.71. The van der Waals surface area contributed by atoms with Crippen LogP contribution in [0.2, 0.25) is 0 Å². The summed E-state index contributed by atoms with van der Waals surface area (Å²) >= 11 is 0. The number of hydrogen-bond acceptors (Lipinski definition) is 1. The molecule has 0 aromatic heterocycles. The van der Waals surface area contributed by atoms with E-state index in [0.717, 1.165) is 24.3 Å². The van der Waals surface area contributed by atoms with Crippen LogP contribution < -0.4 is 0 Å². The first-order valence-electron chi connectivity index (χ1n) is 9.05. The number of Topliss-reactive ketones (excluding diaryl/α,β-unsaturated/α-hetero) is 1. The Morgan fingerprint density at radius 2 is 1.06 bits per heavy atom. The van der Waals surface area contributed by atoms with Gasteiger partial charge in [-0.3, -0.25) is 4.79 Å². The van der Waals surface area contributed by atoms with Gasteiger partial charge in [-0.2, -0.15) is 26.3 Å². The van der Waals surface area contributed by atoms with Crippen LogP contribution in [0, 0.1) is 11.6 Å². The Morgan fingerprint density at radius 1 is 0.677 bits per heavy atom. The Morgan fingerprint density at radius 3 is 1.39 bits per heavy atom. The zero-order valence-corrected chi connectivity index (χ0v) is 15.7. The Labute approximate surface area is 171 Å². The van der Waals surface area contributed by atoms with Crippen molar-refractivity contribution in [3.8, 4) is 0 Å². The van der Waals surface area contributed by atoms with Crippen LogP contribution in [-0.4, -0.2) is 5.78 Å². The predicted octanol–water partition coefficient (Wildman–Crippen LogP) is 7.22.